The van der Waals surface area contributed by atoms with Crippen molar-refractivity contribution in [3.63, 3.8) is 0 Å². The number of urea groups is 1. The molecule has 2 unspecified atom stereocenters. The van der Waals surface area contributed by atoms with Crippen molar-refractivity contribution in [2.45, 2.75) is 44.7 Å². The number of nitrogens with zero attached hydrogens (tertiary/aromatic N) is 2. The molecule has 0 aliphatic carbocycles. The minimum absolute atomic E-state index is 0.0114. The number of hydrogen-bond donors (Lipinski definition) is 3. The topological polar surface area (TPSA) is 80.6 Å². The second-order valence-corrected chi connectivity index (χ2v) is 6.21. The van der Waals surface area contributed by atoms with E-state index >= 15 is 0 Å². The van der Waals surface area contributed by atoms with Gasteiger partial charge < -0.3 is 21.1 Å². The van der Waals surface area contributed by atoms with Crippen LogP contribution in [0.15, 0.2) is 23.3 Å². The highest BCUT2D eigenvalue weighted by molar-refractivity contribution is 6.37. The zero-order chi connectivity index (χ0) is 16.4. The van der Waals surface area contributed by atoms with E-state index in [4.69, 9.17) is 5.41 Å². The molecule has 6 heteroatoms. The quantitative estimate of drug-likeness (QED) is 0.590. The van der Waals surface area contributed by atoms with Crippen molar-refractivity contribution >= 4 is 23.6 Å². The van der Waals surface area contributed by atoms with Crippen molar-refractivity contribution in [1.82, 2.24) is 10.3 Å². The highest BCUT2D eigenvalue weighted by atomic mass is 16.2. The monoisotopic (exact) mass is 313 g/mol. The third-order valence-corrected chi connectivity index (χ3v) is 4.77. The van der Waals surface area contributed by atoms with Crippen LogP contribution in [0, 0.1) is 12.3 Å². The van der Waals surface area contributed by atoms with E-state index in [0.29, 0.717) is 17.8 Å². The first kappa shape index (κ1) is 15.5. The molecule has 0 radical (unpaired) electrons. The van der Waals surface area contributed by atoms with Crippen molar-refractivity contribution in [3.05, 3.63) is 29.3 Å². The number of anilines is 1. The SMILES string of the molecule is CN/N=C(\C=N)c1cc(NC(=O)N2C3CCCC2C3)ccc1C. The Morgan fingerprint density at radius 3 is 2.74 bits per heavy atom. The molecule has 1 aromatic rings. The molecule has 122 valence electrons. The van der Waals surface area contributed by atoms with Crippen LogP contribution in [0.25, 0.3) is 0 Å². The molecule has 2 atom stereocenters. The largest absolute Gasteiger partial charge is 0.322 e. The molecule has 0 aromatic heterocycles. The van der Waals surface area contributed by atoms with E-state index in [1.165, 1.54) is 12.6 Å². The maximum absolute atomic E-state index is 12.5. The number of fused-ring (bicyclic) bond motifs is 2. The predicted molar refractivity (Wildman–Crippen MR) is 92.5 cm³/mol. The van der Waals surface area contributed by atoms with Crippen molar-refractivity contribution in [3.8, 4) is 0 Å². The van der Waals surface area contributed by atoms with Crippen LogP contribution < -0.4 is 10.7 Å². The summed E-state index contributed by atoms with van der Waals surface area (Å²) in [4.78, 5) is 14.5. The molecule has 1 aromatic carbocycles. The molecule has 23 heavy (non-hydrogen) atoms. The molecular formula is C17H23N5O. The lowest BCUT2D eigenvalue weighted by atomic mass is 9.80. The highest BCUT2D eigenvalue weighted by Gasteiger charge is 2.44. The number of aryl methyl sites for hydroxylation is 1. The molecule has 3 N–H and O–H groups in total. The molecule has 2 aliphatic rings. The van der Waals surface area contributed by atoms with Gasteiger partial charge in [0.1, 0.15) is 5.71 Å². The fourth-order valence-electron chi connectivity index (χ4n) is 3.59. The lowest BCUT2D eigenvalue weighted by Gasteiger charge is -2.52. The van der Waals surface area contributed by atoms with Crippen molar-refractivity contribution in [1.29, 1.82) is 5.41 Å². The Balaban J connectivity index is 1.77. The van der Waals surface area contributed by atoms with Crippen LogP contribution in [0.4, 0.5) is 10.5 Å². The molecule has 2 aliphatic heterocycles. The van der Waals surface area contributed by atoms with E-state index in [1.54, 1.807) is 7.05 Å². The van der Waals surface area contributed by atoms with E-state index in [0.717, 1.165) is 36.1 Å². The Morgan fingerprint density at radius 1 is 1.39 bits per heavy atom. The maximum Gasteiger partial charge on any atom is 0.322 e. The molecule has 3 rings (SSSR count). The van der Waals surface area contributed by atoms with E-state index < -0.39 is 0 Å². The number of rotatable bonds is 4. The molecule has 0 saturated carbocycles. The number of hydrazone groups is 1. The zero-order valence-electron chi connectivity index (χ0n) is 13.6. The summed E-state index contributed by atoms with van der Waals surface area (Å²) in [6.45, 7) is 1.97. The van der Waals surface area contributed by atoms with Crippen LogP contribution in [-0.2, 0) is 0 Å². The van der Waals surface area contributed by atoms with Gasteiger partial charge in [0.05, 0.1) is 0 Å². The molecule has 0 spiro atoms. The Kier molecular flexibility index (Phi) is 4.32. The number of benzene rings is 1. The minimum Gasteiger partial charge on any atom is -0.318 e. The Morgan fingerprint density at radius 2 is 2.13 bits per heavy atom. The maximum atomic E-state index is 12.5. The summed E-state index contributed by atoms with van der Waals surface area (Å²) in [5.41, 5.74) is 5.85. The van der Waals surface area contributed by atoms with E-state index in [2.05, 4.69) is 15.8 Å². The van der Waals surface area contributed by atoms with Gasteiger partial charge in [-0.1, -0.05) is 6.07 Å². The first-order chi connectivity index (χ1) is 11.1. The summed E-state index contributed by atoms with van der Waals surface area (Å²) < 4.78 is 0. The van der Waals surface area contributed by atoms with Gasteiger partial charge in [-0.15, -0.1) is 0 Å². The highest BCUT2D eigenvalue weighted by Crippen LogP contribution is 2.38. The summed E-state index contributed by atoms with van der Waals surface area (Å²) in [7, 11) is 1.70. The third kappa shape index (κ3) is 2.93. The smallest absolute Gasteiger partial charge is 0.318 e. The Labute approximate surface area is 136 Å². The normalized spacial score (nSPS) is 23.0. The second kappa shape index (κ2) is 6.40. The van der Waals surface area contributed by atoms with Gasteiger partial charge in [0.2, 0.25) is 0 Å². The van der Waals surface area contributed by atoms with Gasteiger partial charge in [0.25, 0.3) is 0 Å². The second-order valence-electron chi connectivity index (χ2n) is 6.21. The Hall–Kier alpha value is -2.37. The lowest BCUT2D eigenvalue weighted by Crippen LogP contribution is -2.62. The first-order valence-electron chi connectivity index (χ1n) is 8.09. The van der Waals surface area contributed by atoms with Gasteiger partial charge in [-0.05, 0) is 50.3 Å². The summed E-state index contributed by atoms with van der Waals surface area (Å²) in [6, 6.07) is 6.54. The van der Waals surface area contributed by atoms with Crippen molar-refractivity contribution < 1.29 is 4.79 Å². The number of piperidine rings is 1. The first-order valence-corrected chi connectivity index (χ1v) is 8.09. The molecule has 2 amide bonds. The zero-order valence-corrected chi connectivity index (χ0v) is 13.6. The van der Waals surface area contributed by atoms with Gasteiger partial charge in [-0.2, -0.15) is 5.10 Å². The van der Waals surface area contributed by atoms with Crippen LogP contribution in [0.2, 0.25) is 0 Å². The summed E-state index contributed by atoms with van der Waals surface area (Å²) in [6.07, 6.45) is 5.84. The van der Waals surface area contributed by atoms with Crippen LogP contribution in [0.1, 0.15) is 36.8 Å². The number of carbonyl (C=O) groups excluding carboxylic acids is 1. The third-order valence-electron chi connectivity index (χ3n) is 4.77. The Bertz CT molecular complexity index is 640. The summed E-state index contributed by atoms with van der Waals surface area (Å²) in [5.74, 6) is 0. The summed E-state index contributed by atoms with van der Waals surface area (Å²) in [5, 5.41) is 14.6. The van der Waals surface area contributed by atoms with E-state index in [-0.39, 0.29) is 6.03 Å². The molecular weight excluding hydrogens is 290 g/mol. The van der Waals surface area contributed by atoms with Gasteiger partial charge in [-0.25, -0.2) is 4.79 Å². The molecule has 2 heterocycles. The van der Waals surface area contributed by atoms with Crippen LogP contribution in [0.5, 0.6) is 0 Å². The van der Waals surface area contributed by atoms with Gasteiger partial charge in [0.15, 0.2) is 0 Å². The lowest BCUT2D eigenvalue weighted by molar-refractivity contribution is 0.0173. The van der Waals surface area contributed by atoms with Gasteiger partial charge >= 0.3 is 6.03 Å². The minimum atomic E-state index is -0.0114. The van der Waals surface area contributed by atoms with Crippen LogP contribution in [0.3, 0.4) is 0 Å². The molecule has 2 fully saturated rings. The van der Waals surface area contributed by atoms with Gasteiger partial charge in [0, 0.05) is 36.6 Å². The molecule has 2 saturated heterocycles. The number of hydrogen-bond acceptors (Lipinski definition) is 4. The fraction of sp³-hybridized carbons (Fsp3) is 0.471. The summed E-state index contributed by atoms with van der Waals surface area (Å²) >= 11 is 0. The van der Waals surface area contributed by atoms with Crippen LogP contribution in [-0.4, -0.2) is 42.0 Å². The van der Waals surface area contributed by atoms with Crippen LogP contribution >= 0.6 is 0 Å². The molecule has 6 nitrogen and oxygen atoms in total. The van der Waals surface area contributed by atoms with E-state index in [1.807, 2.05) is 30.0 Å². The number of amides is 2. The fourth-order valence-corrected chi connectivity index (χ4v) is 3.59. The van der Waals surface area contributed by atoms with Gasteiger partial charge in [-0.3, -0.25) is 0 Å². The number of carbonyl (C=O) groups is 1. The standard InChI is InChI=1S/C17H23N5O/c1-11-6-7-12(8-15(11)16(10-18)21-19-2)20-17(23)22-13-4-3-5-14(22)9-13/h6-8,10,13-14,18-19H,3-5,9H2,1-2H3,(H,20,23)/b18-10?,21-16+. The number of nitrogens with one attached hydrogen (secondary N) is 3. The molecule has 2 bridgehead atoms. The van der Waals surface area contributed by atoms with Crippen molar-refractivity contribution in [2.75, 3.05) is 12.4 Å². The average molecular weight is 313 g/mol. The predicted octanol–water partition coefficient (Wildman–Crippen LogP) is 2.73. The van der Waals surface area contributed by atoms with Crippen molar-refractivity contribution in [2.24, 2.45) is 5.10 Å². The average Bonchev–Trinajstić information content (AvgIpc) is 2.55. The van der Waals surface area contributed by atoms with E-state index in [9.17, 15) is 4.79 Å².